The Morgan fingerprint density at radius 2 is 1.94 bits per heavy atom. The number of allylic oxidation sites excluding steroid dienone is 4. The van der Waals surface area contributed by atoms with E-state index in [-0.39, 0.29) is 5.76 Å². The average Bonchev–Trinajstić information content (AvgIpc) is 2.21. The monoisotopic (exact) mass is 222 g/mol. The van der Waals surface area contributed by atoms with Gasteiger partial charge in [-0.05, 0) is 25.3 Å². The van der Waals surface area contributed by atoms with Gasteiger partial charge in [-0.15, -0.1) is 0 Å². The predicted molar refractivity (Wildman–Crippen MR) is 72.6 cm³/mol. The highest BCUT2D eigenvalue weighted by Crippen LogP contribution is 2.14. The Balaban J connectivity index is 3.86. The number of aliphatic hydroxyl groups is 1. The average molecular weight is 222 g/mol. The van der Waals surface area contributed by atoms with Gasteiger partial charge in [0.15, 0.2) is 0 Å². The standard InChI is InChI=1S/C15H26O/c1-5-6-7-8-9-13(2)12-14(3)10-11-15(4)16/h10-13,16H,4-9H2,1-3H3/b11-10+,14-12+. The molecular formula is C15H26O. The van der Waals surface area contributed by atoms with E-state index in [2.05, 4.69) is 33.4 Å². The van der Waals surface area contributed by atoms with Gasteiger partial charge in [0.2, 0.25) is 0 Å². The summed E-state index contributed by atoms with van der Waals surface area (Å²) in [5, 5.41) is 8.93. The van der Waals surface area contributed by atoms with Crippen molar-refractivity contribution >= 4 is 0 Å². The van der Waals surface area contributed by atoms with E-state index in [1.54, 1.807) is 6.08 Å². The van der Waals surface area contributed by atoms with E-state index in [4.69, 9.17) is 5.11 Å². The molecule has 0 aromatic rings. The first-order valence-electron chi connectivity index (χ1n) is 6.30. The van der Waals surface area contributed by atoms with Crippen molar-refractivity contribution < 1.29 is 5.11 Å². The summed E-state index contributed by atoms with van der Waals surface area (Å²) in [5.41, 5.74) is 1.19. The van der Waals surface area contributed by atoms with Gasteiger partial charge in [0.25, 0.3) is 0 Å². The second-order valence-electron chi connectivity index (χ2n) is 4.56. The summed E-state index contributed by atoms with van der Waals surface area (Å²) in [6.07, 6.45) is 12.4. The van der Waals surface area contributed by atoms with Gasteiger partial charge < -0.3 is 5.11 Å². The third-order valence-electron chi connectivity index (χ3n) is 2.60. The van der Waals surface area contributed by atoms with Crippen LogP contribution in [0.4, 0.5) is 0 Å². The molecule has 1 heteroatoms. The molecule has 1 atom stereocenters. The molecule has 0 bridgehead atoms. The Morgan fingerprint density at radius 3 is 2.50 bits per heavy atom. The Hall–Kier alpha value is -0.980. The maximum Gasteiger partial charge on any atom is 0.108 e. The summed E-state index contributed by atoms with van der Waals surface area (Å²) in [4.78, 5) is 0. The molecule has 0 aromatic carbocycles. The van der Waals surface area contributed by atoms with Crippen LogP contribution in [0.1, 0.15) is 52.9 Å². The van der Waals surface area contributed by atoms with E-state index in [0.29, 0.717) is 5.92 Å². The fourth-order valence-corrected chi connectivity index (χ4v) is 1.71. The first-order valence-corrected chi connectivity index (χ1v) is 6.30. The van der Waals surface area contributed by atoms with Gasteiger partial charge in [0, 0.05) is 0 Å². The Bertz CT molecular complexity index is 248. The van der Waals surface area contributed by atoms with Gasteiger partial charge in [-0.3, -0.25) is 0 Å². The zero-order valence-corrected chi connectivity index (χ0v) is 11.0. The molecule has 0 fully saturated rings. The molecule has 0 heterocycles. The van der Waals surface area contributed by atoms with Crippen LogP contribution in [-0.2, 0) is 0 Å². The van der Waals surface area contributed by atoms with Crippen LogP contribution in [0.3, 0.4) is 0 Å². The molecule has 1 nitrogen and oxygen atoms in total. The molecule has 0 saturated heterocycles. The minimum absolute atomic E-state index is 0.114. The molecule has 0 amide bonds. The molecule has 92 valence electrons. The zero-order valence-electron chi connectivity index (χ0n) is 11.0. The topological polar surface area (TPSA) is 20.2 Å². The Kier molecular flexibility index (Phi) is 8.69. The maximum absolute atomic E-state index is 8.93. The van der Waals surface area contributed by atoms with Crippen molar-refractivity contribution in [1.82, 2.24) is 0 Å². The predicted octanol–water partition coefficient (Wildman–Crippen LogP) is 5.17. The minimum atomic E-state index is 0.114. The summed E-state index contributed by atoms with van der Waals surface area (Å²) in [6, 6.07) is 0. The van der Waals surface area contributed by atoms with Crippen molar-refractivity contribution in [3.05, 3.63) is 36.1 Å². The lowest BCUT2D eigenvalue weighted by Gasteiger charge is -2.06. The normalized spacial score (nSPS) is 14.3. The first kappa shape index (κ1) is 15.0. The van der Waals surface area contributed by atoms with Crippen molar-refractivity contribution in [3.63, 3.8) is 0 Å². The minimum Gasteiger partial charge on any atom is -0.509 e. The number of unbranched alkanes of at least 4 members (excludes halogenated alkanes) is 3. The molecule has 0 aliphatic heterocycles. The van der Waals surface area contributed by atoms with E-state index in [0.717, 1.165) is 0 Å². The summed E-state index contributed by atoms with van der Waals surface area (Å²) in [7, 11) is 0. The van der Waals surface area contributed by atoms with Gasteiger partial charge in [-0.1, -0.05) is 63.8 Å². The van der Waals surface area contributed by atoms with Gasteiger partial charge in [0.1, 0.15) is 5.76 Å². The lowest BCUT2D eigenvalue weighted by Crippen LogP contribution is -1.91. The van der Waals surface area contributed by atoms with Crippen LogP contribution < -0.4 is 0 Å². The molecule has 0 radical (unpaired) electrons. The molecule has 0 aromatic heterocycles. The number of hydrogen-bond acceptors (Lipinski definition) is 1. The van der Waals surface area contributed by atoms with Crippen LogP contribution in [0.15, 0.2) is 36.1 Å². The lowest BCUT2D eigenvalue weighted by molar-refractivity contribution is 0.435. The number of aliphatic hydroxyl groups excluding tert-OH is 1. The third kappa shape index (κ3) is 9.57. The SMILES string of the molecule is C=C(O)/C=C/C(C)=C/C(C)CCCCCC. The maximum atomic E-state index is 8.93. The third-order valence-corrected chi connectivity index (χ3v) is 2.60. The molecule has 0 rings (SSSR count). The quantitative estimate of drug-likeness (QED) is 0.341. The second-order valence-corrected chi connectivity index (χ2v) is 4.56. The first-order chi connectivity index (χ1) is 7.56. The summed E-state index contributed by atoms with van der Waals surface area (Å²) < 4.78 is 0. The van der Waals surface area contributed by atoms with Crippen LogP contribution in [-0.4, -0.2) is 5.11 Å². The lowest BCUT2D eigenvalue weighted by atomic mass is 10.00. The second kappa shape index (κ2) is 9.26. The van der Waals surface area contributed by atoms with Crippen LogP contribution in [0, 0.1) is 5.92 Å². The van der Waals surface area contributed by atoms with Gasteiger partial charge in [-0.25, -0.2) is 0 Å². The summed E-state index contributed by atoms with van der Waals surface area (Å²) >= 11 is 0. The molecule has 0 aliphatic carbocycles. The van der Waals surface area contributed by atoms with Crippen LogP contribution in [0.2, 0.25) is 0 Å². The zero-order chi connectivity index (χ0) is 12.4. The summed E-state index contributed by atoms with van der Waals surface area (Å²) in [5.74, 6) is 0.733. The van der Waals surface area contributed by atoms with E-state index >= 15 is 0 Å². The smallest absolute Gasteiger partial charge is 0.108 e. The highest BCUT2D eigenvalue weighted by Gasteiger charge is 1.98. The van der Waals surface area contributed by atoms with Crippen molar-refractivity contribution in [2.45, 2.75) is 52.9 Å². The molecule has 0 spiro atoms. The molecular weight excluding hydrogens is 196 g/mol. The number of hydrogen-bond donors (Lipinski definition) is 1. The van der Waals surface area contributed by atoms with Crippen molar-refractivity contribution in [2.75, 3.05) is 0 Å². The van der Waals surface area contributed by atoms with E-state index in [1.807, 2.05) is 6.08 Å². The molecule has 1 N–H and O–H groups in total. The van der Waals surface area contributed by atoms with Crippen molar-refractivity contribution in [3.8, 4) is 0 Å². The Labute approximate surface area is 101 Å². The van der Waals surface area contributed by atoms with Gasteiger partial charge in [-0.2, -0.15) is 0 Å². The highest BCUT2D eigenvalue weighted by atomic mass is 16.3. The van der Waals surface area contributed by atoms with E-state index in [9.17, 15) is 0 Å². The van der Waals surface area contributed by atoms with E-state index in [1.165, 1.54) is 37.7 Å². The van der Waals surface area contributed by atoms with Crippen LogP contribution in [0.5, 0.6) is 0 Å². The molecule has 1 unspecified atom stereocenters. The highest BCUT2D eigenvalue weighted by molar-refractivity contribution is 5.21. The van der Waals surface area contributed by atoms with Crippen LogP contribution in [0.25, 0.3) is 0 Å². The fraction of sp³-hybridized carbons (Fsp3) is 0.600. The Morgan fingerprint density at radius 1 is 1.25 bits per heavy atom. The van der Waals surface area contributed by atoms with Crippen molar-refractivity contribution in [1.29, 1.82) is 0 Å². The fourth-order valence-electron chi connectivity index (χ4n) is 1.71. The van der Waals surface area contributed by atoms with Crippen LogP contribution >= 0.6 is 0 Å². The summed E-state index contributed by atoms with van der Waals surface area (Å²) in [6.45, 7) is 9.96. The number of rotatable bonds is 8. The van der Waals surface area contributed by atoms with Crippen molar-refractivity contribution in [2.24, 2.45) is 5.92 Å². The molecule has 0 saturated carbocycles. The van der Waals surface area contributed by atoms with Gasteiger partial charge in [0.05, 0.1) is 0 Å². The molecule has 16 heavy (non-hydrogen) atoms. The van der Waals surface area contributed by atoms with E-state index < -0.39 is 0 Å². The largest absolute Gasteiger partial charge is 0.509 e. The van der Waals surface area contributed by atoms with Gasteiger partial charge >= 0.3 is 0 Å². The molecule has 0 aliphatic rings.